The molecule has 0 spiro atoms. The number of carbonyl (C=O) groups is 1. The average molecular weight is 573 g/mol. The molecule has 0 saturated carbocycles. The highest BCUT2D eigenvalue weighted by molar-refractivity contribution is 7.89. The molecule has 10 nitrogen and oxygen atoms in total. The molecule has 3 heterocycles. The molecular weight excluding hydrogens is 540 g/mol. The Morgan fingerprint density at radius 1 is 1.05 bits per heavy atom. The van der Waals surface area contributed by atoms with E-state index in [1.165, 1.54) is 4.31 Å². The maximum absolute atomic E-state index is 13.3. The first kappa shape index (κ1) is 27.7. The van der Waals surface area contributed by atoms with Gasteiger partial charge in [-0.3, -0.25) is 9.69 Å². The Morgan fingerprint density at radius 2 is 1.74 bits per heavy atom. The van der Waals surface area contributed by atoms with Gasteiger partial charge in [0.15, 0.2) is 0 Å². The number of sulfonamides is 1. The molecule has 2 aromatic carbocycles. The predicted molar refractivity (Wildman–Crippen MR) is 149 cm³/mol. The maximum Gasteiger partial charge on any atom is 0.243 e. The number of likely N-dealkylation sites (tertiary alicyclic amines) is 1. The molecule has 0 radical (unpaired) electrons. The van der Waals surface area contributed by atoms with E-state index in [0.717, 1.165) is 5.56 Å². The van der Waals surface area contributed by atoms with Gasteiger partial charge in [0.2, 0.25) is 27.6 Å². The summed E-state index contributed by atoms with van der Waals surface area (Å²) < 4.78 is 33.6. The zero-order valence-electron chi connectivity index (χ0n) is 22.1. The van der Waals surface area contributed by atoms with Crippen LogP contribution >= 0.6 is 11.6 Å². The summed E-state index contributed by atoms with van der Waals surface area (Å²) in [7, 11) is -1.65. The van der Waals surface area contributed by atoms with E-state index in [0.29, 0.717) is 86.6 Å². The number of amides is 1. The van der Waals surface area contributed by atoms with Gasteiger partial charge in [-0.05, 0) is 81.9 Å². The van der Waals surface area contributed by atoms with Crippen molar-refractivity contribution in [2.75, 3.05) is 51.6 Å². The third kappa shape index (κ3) is 6.50. The molecule has 2 aliphatic heterocycles. The molecule has 2 saturated heterocycles. The number of nitrogens with zero attached hydrogens (tertiary/aromatic N) is 5. The number of likely N-dealkylation sites (N-methyl/N-ethyl adjacent to an activating group) is 1. The van der Waals surface area contributed by atoms with E-state index in [1.54, 1.807) is 37.3 Å². The summed E-state index contributed by atoms with van der Waals surface area (Å²) in [6.07, 6.45) is 1.37. The molecule has 2 fully saturated rings. The lowest BCUT2D eigenvalue weighted by Gasteiger charge is -2.32. The van der Waals surface area contributed by atoms with Crippen molar-refractivity contribution in [3.63, 3.8) is 0 Å². The number of halogens is 1. The second kappa shape index (κ2) is 11.7. The molecule has 1 amide bonds. The smallest absolute Gasteiger partial charge is 0.243 e. The first-order valence-corrected chi connectivity index (χ1v) is 14.9. The van der Waals surface area contributed by atoms with Gasteiger partial charge >= 0.3 is 0 Å². The van der Waals surface area contributed by atoms with Crippen LogP contribution in [0, 0.1) is 12.8 Å². The quantitative estimate of drug-likeness (QED) is 0.458. The number of aryl methyl sites for hydroxylation is 1. The van der Waals surface area contributed by atoms with E-state index in [9.17, 15) is 13.2 Å². The molecular formula is C27H33ClN6O4S. The molecule has 0 atom stereocenters. The molecule has 39 heavy (non-hydrogen) atoms. The van der Waals surface area contributed by atoms with Gasteiger partial charge in [-0.2, -0.15) is 9.29 Å². The second-order valence-electron chi connectivity index (χ2n) is 10.2. The highest BCUT2D eigenvalue weighted by atomic mass is 35.5. The van der Waals surface area contributed by atoms with Crippen molar-refractivity contribution in [1.29, 1.82) is 0 Å². The van der Waals surface area contributed by atoms with Gasteiger partial charge in [-0.1, -0.05) is 22.8 Å². The van der Waals surface area contributed by atoms with Gasteiger partial charge in [-0.25, -0.2) is 8.42 Å². The van der Waals surface area contributed by atoms with E-state index in [4.69, 9.17) is 16.1 Å². The number of rotatable bonds is 7. The van der Waals surface area contributed by atoms with Crippen LogP contribution in [0.2, 0.25) is 5.02 Å². The van der Waals surface area contributed by atoms with Gasteiger partial charge in [0.05, 0.1) is 11.4 Å². The van der Waals surface area contributed by atoms with Crippen LogP contribution in [-0.4, -0.2) is 84.9 Å². The minimum Gasteiger partial charge on any atom is -0.338 e. The first-order chi connectivity index (χ1) is 18.7. The fourth-order valence-electron chi connectivity index (χ4n) is 4.95. The minimum absolute atomic E-state index is 0.0933. The molecule has 12 heteroatoms. The maximum atomic E-state index is 13.3. The second-order valence-corrected chi connectivity index (χ2v) is 12.6. The van der Waals surface area contributed by atoms with Crippen LogP contribution in [0.15, 0.2) is 51.9 Å². The number of carbonyl (C=O) groups excluding carboxylic acids is 1. The van der Waals surface area contributed by atoms with Crippen LogP contribution in [0.4, 0.5) is 5.69 Å². The van der Waals surface area contributed by atoms with E-state index >= 15 is 0 Å². The molecule has 1 aromatic heterocycles. The standard InChI is InChI=1S/C27H33ClN6O4S/c1-19-3-8-23(17-24(19)39(36,37)34-15-13-32(2)14-16-34)29-27(35)21-9-11-33(12-10-21)18-25-30-26(31-38-25)20-4-6-22(28)7-5-20/h3-8,17,21H,9-16,18H2,1-2H3,(H,29,35). The summed E-state index contributed by atoms with van der Waals surface area (Å²) in [4.78, 5) is 22.1. The number of piperidine rings is 1. The van der Waals surface area contributed by atoms with Crippen LogP contribution in [0.3, 0.4) is 0 Å². The zero-order valence-corrected chi connectivity index (χ0v) is 23.7. The third-order valence-electron chi connectivity index (χ3n) is 7.42. The Balaban J connectivity index is 1.16. The minimum atomic E-state index is -3.63. The fourth-order valence-corrected chi connectivity index (χ4v) is 6.75. The Bertz CT molecular complexity index is 1410. The Hall–Kier alpha value is -2.83. The zero-order chi connectivity index (χ0) is 27.6. The Morgan fingerprint density at radius 3 is 2.44 bits per heavy atom. The number of hydrogen-bond donors (Lipinski definition) is 1. The molecule has 2 aliphatic rings. The van der Waals surface area contributed by atoms with Crippen molar-refractivity contribution >= 4 is 33.2 Å². The number of aromatic nitrogens is 2. The van der Waals surface area contributed by atoms with Crippen molar-refractivity contribution in [2.24, 2.45) is 5.92 Å². The van der Waals surface area contributed by atoms with Crippen molar-refractivity contribution < 1.29 is 17.7 Å². The number of benzene rings is 2. The summed E-state index contributed by atoms with van der Waals surface area (Å²) in [6, 6.07) is 12.4. The highest BCUT2D eigenvalue weighted by Crippen LogP contribution is 2.27. The summed E-state index contributed by atoms with van der Waals surface area (Å²) >= 11 is 5.95. The molecule has 1 N–H and O–H groups in total. The van der Waals surface area contributed by atoms with Gasteiger partial charge in [-0.15, -0.1) is 0 Å². The van der Waals surface area contributed by atoms with E-state index in [2.05, 4.69) is 25.3 Å². The van der Waals surface area contributed by atoms with Crippen LogP contribution in [0.25, 0.3) is 11.4 Å². The molecule has 208 valence electrons. The first-order valence-electron chi connectivity index (χ1n) is 13.1. The van der Waals surface area contributed by atoms with Crippen LogP contribution in [-0.2, 0) is 21.4 Å². The van der Waals surface area contributed by atoms with E-state index in [1.807, 2.05) is 19.2 Å². The van der Waals surface area contributed by atoms with E-state index < -0.39 is 10.0 Å². The molecule has 5 rings (SSSR count). The Kier molecular flexibility index (Phi) is 8.34. The van der Waals surface area contributed by atoms with Gasteiger partial charge in [0, 0.05) is 48.4 Å². The number of piperazine rings is 1. The van der Waals surface area contributed by atoms with Crippen LogP contribution < -0.4 is 5.32 Å². The normalized spacial score (nSPS) is 18.3. The Labute approximate surface area is 234 Å². The molecule has 0 bridgehead atoms. The molecule has 0 unspecified atom stereocenters. The van der Waals surface area contributed by atoms with Gasteiger partial charge in [0.25, 0.3) is 0 Å². The van der Waals surface area contributed by atoms with Crippen molar-refractivity contribution in [3.8, 4) is 11.4 Å². The summed E-state index contributed by atoms with van der Waals surface area (Å²) in [5, 5.41) is 7.67. The largest absolute Gasteiger partial charge is 0.338 e. The average Bonchev–Trinajstić information content (AvgIpc) is 3.39. The monoisotopic (exact) mass is 572 g/mol. The van der Waals surface area contributed by atoms with Crippen LogP contribution in [0.1, 0.15) is 24.3 Å². The number of nitrogens with one attached hydrogen (secondary N) is 1. The summed E-state index contributed by atoms with van der Waals surface area (Å²) in [6.45, 7) is 6.04. The van der Waals surface area contributed by atoms with Crippen molar-refractivity contribution in [3.05, 3.63) is 58.9 Å². The molecule has 3 aromatic rings. The fraction of sp³-hybridized carbons (Fsp3) is 0.444. The van der Waals surface area contributed by atoms with Gasteiger partial charge < -0.3 is 14.7 Å². The molecule has 0 aliphatic carbocycles. The number of anilines is 1. The van der Waals surface area contributed by atoms with Gasteiger partial charge in [0.1, 0.15) is 0 Å². The highest BCUT2D eigenvalue weighted by Gasteiger charge is 2.30. The summed E-state index contributed by atoms with van der Waals surface area (Å²) in [5.74, 6) is 0.788. The lowest BCUT2D eigenvalue weighted by molar-refractivity contribution is -0.121. The van der Waals surface area contributed by atoms with Crippen LogP contribution in [0.5, 0.6) is 0 Å². The number of hydrogen-bond acceptors (Lipinski definition) is 8. The van der Waals surface area contributed by atoms with E-state index in [-0.39, 0.29) is 16.7 Å². The van der Waals surface area contributed by atoms with Crippen molar-refractivity contribution in [2.45, 2.75) is 31.2 Å². The SMILES string of the molecule is Cc1ccc(NC(=O)C2CCN(Cc3nc(-c4ccc(Cl)cc4)no3)CC2)cc1S(=O)(=O)N1CCN(C)CC1. The lowest BCUT2D eigenvalue weighted by atomic mass is 9.96. The summed E-state index contributed by atoms with van der Waals surface area (Å²) in [5.41, 5.74) is 2.00. The third-order valence-corrected chi connectivity index (χ3v) is 9.72. The topological polar surface area (TPSA) is 112 Å². The predicted octanol–water partition coefficient (Wildman–Crippen LogP) is 3.49. The van der Waals surface area contributed by atoms with Crippen molar-refractivity contribution in [1.82, 2.24) is 24.2 Å². The lowest BCUT2D eigenvalue weighted by Crippen LogP contribution is -2.47.